The number of anilines is 2. The molecule has 0 aliphatic heterocycles. The summed E-state index contributed by atoms with van der Waals surface area (Å²) in [4.78, 5) is 30.8. The van der Waals surface area contributed by atoms with E-state index >= 15 is 0 Å². The number of aromatic nitrogens is 2. The number of imidazole rings is 1. The van der Waals surface area contributed by atoms with Crippen molar-refractivity contribution in [2.45, 2.75) is 13.8 Å². The number of rotatable bonds is 3. The molecule has 0 radical (unpaired) electrons. The molecule has 0 unspecified atom stereocenters. The van der Waals surface area contributed by atoms with Crippen LogP contribution < -0.4 is 10.6 Å². The van der Waals surface area contributed by atoms with Gasteiger partial charge in [0.05, 0.1) is 10.4 Å². The standard InChI is InChI=1S/C17H14N4O2S2/c1-9-11(18-10(2)22)4-3-5-12(9)19-15(23)14-8-13-16(25-14)20-17-21(13)6-7-24-17/h3-8H,1-2H3,(H,18,22)(H,19,23). The molecule has 0 spiro atoms. The van der Waals surface area contributed by atoms with Gasteiger partial charge in [0.25, 0.3) is 5.91 Å². The average molecular weight is 370 g/mol. The third-order valence-electron chi connectivity index (χ3n) is 3.86. The van der Waals surface area contributed by atoms with Gasteiger partial charge in [0, 0.05) is 29.9 Å². The van der Waals surface area contributed by atoms with Crippen molar-refractivity contribution in [3.63, 3.8) is 0 Å². The van der Waals surface area contributed by atoms with Crippen molar-refractivity contribution in [1.82, 2.24) is 9.38 Å². The van der Waals surface area contributed by atoms with E-state index in [-0.39, 0.29) is 11.8 Å². The van der Waals surface area contributed by atoms with Gasteiger partial charge in [-0.3, -0.25) is 14.0 Å². The quantitative estimate of drug-likeness (QED) is 0.569. The molecule has 8 heteroatoms. The number of hydrogen-bond acceptors (Lipinski definition) is 5. The Balaban J connectivity index is 1.63. The van der Waals surface area contributed by atoms with Crippen LogP contribution in [0.4, 0.5) is 11.4 Å². The van der Waals surface area contributed by atoms with Crippen LogP contribution in [0.1, 0.15) is 22.2 Å². The van der Waals surface area contributed by atoms with Gasteiger partial charge >= 0.3 is 0 Å². The number of carbonyl (C=O) groups excluding carboxylic acids is 2. The molecule has 0 bridgehead atoms. The molecule has 3 aromatic heterocycles. The molecule has 2 N–H and O–H groups in total. The number of thiazole rings is 1. The van der Waals surface area contributed by atoms with Crippen LogP contribution in [-0.2, 0) is 4.79 Å². The molecule has 0 fully saturated rings. The number of amides is 2. The summed E-state index contributed by atoms with van der Waals surface area (Å²) in [6, 6.07) is 7.27. The molecule has 4 aromatic rings. The van der Waals surface area contributed by atoms with Crippen molar-refractivity contribution in [3.05, 3.63) is 46.3 Å². The molecule has 2 amide bonds. The summed E-state index contributed by atoms with van der Waals surface area (Å²) in [5.74, 6) is -0.332. The largest absolute Gasteiger partial charge is 0.326 e. The molecule has 0 saturated carbocycles. The average Bonchev–Trinajstić information content (AvgIpc) is 3.22. The van der Waals surface area contributed by atoms with E-state index < -0.39 is 0 Å². The maximum absolute atomic E-state index is 12.6. The predicted molar refractivity (Wildman–Crippen MR) is 102 cm³/mol. The fourth-order valence-corrected chi connectivity index (χ4v) is 4.33. The summed E-state index contributed by atoms with van der Waals surface area (Å²) in [5.41, 5.74) is 3.11. The van der Waals surface area contributed by atoms with Gasteiger partial charge in [0.15, 0.2) is 4.96 Å². The van der Waals surface area contributed by atoms with Crippen molar-refractivity contribution >= 4 is 61.2 Å². The van der Waals surface area contributed by atoms with E-state index in [0.717, 1.165) is 20.9 Å². The van der Waals surface area contributed by atoms with Gasteiger partial charge in [-0.05, 0) is 30.7 Å². The van der Waals surface area contributed by atoms with Gasteiger partial charge in [0.1, 0.15) is 4.83 Å². The molecule has 0 aliphatic carbocycles. The highest BCUT2D eigenvalue weighted by Crippen LogP contribution is 2.29. The van der Waals surface area contributed by atoms with Gasteiger partial charge in [-0.25, -0.2) is 4.98 Å². The molecule has 0 saturated heterocycles. The van der Waals surface area contributed by atoms with Gasteiger partial charge < -0.3 is 10.6 Å². The normalized spacial score (nSPS) is 11.1. The predicted octanol–water partition coefficient (Wildman–Crippen LogP) is 4.13. The highest BCUT2D eigenvalue weighted by molar-refractivity contribution is 7.21. The van der Waals surface area contributed by atoms with Crippen molar-refractivity contribution in [2.24, 2.45) is 0 Å². The second-order valence-electron chi connectivity index (χ2n) is 5.58. The zero-order valence-corrected chi connectivity index (χ0v) is 15.1. The van der Waals surface area contributed by atoms with Crippen LogP contribution in [0.3, 0.4) is 0 Å². The first-order valence-corrected chi connectivity index (χ1v) is 9.26. The monoisotopic (exact) mass is 370 g/mol. The van der Waals surface area contributed by atoms with Crippen molar-refractivity contribution < 1.29 is 9.59 Å². The lowest BCUT2D eigenvalue weighted by Crippen LogP contribution is -2.13. The third-order valence-corrected chi connectivity index (χ3v) is 5.63. The Labute approximate surface area is 151 Å². The van der Waals surface area contributed by atoms with Crippen LogP contribution in [0.15, 0.2) is 35.8 Å². The van der Waals surface area contributed by atoms with E-state index in [4.69, 9.17) is 0 Å². The Morgan fingerprint density at radius 3 is 2.72 bits per heavy atom. The first-order valence-electron chi connectivity index (χ1n) is 7.56. The number of carbonyl (C=O) groups is 2. The van der Waals surface area contributed by atoms with Gasteiger partial charge in [-0.1, -0.05) is 6.07 Å². The summed E-state index contributed by atoms with van der Waals surface area (Å²) in [5, 5.41) is 7.65. The lowest BCUT2D eigenvalue weighted by molar-refractivity contribution is -0.114. The number of nitrogens with zero attached hydrogens (tertiary/aromatic N) is 2. The molecule has 126 valence electrons. The highest BCUT2D eigenvalue weighted by atomic mass is 32.1. The maximum atomic E-state index is 12.6. The minimum Gasteiger partial charge on any atom is -0.326 e. The molecule has 6 nitrogen and oxygen atoms in total. The molecule has 25 heavy (non-hydrogen) atoms. The Bertz CT molecular complexity index is 1120. The minimum atomic E-state index is -0.185. The van der Waals surface area contributed by atoms with Crippen LogP contribution in [0.5, 0.6) is 0 Å². The number of thiophene rings is 1. The maximum Gasteiger partial charge on any atom is 0.265 e. The topological polar surface area (TPSA) is 75.5 Å². The molecular formula is C17H14N4O2S2. The van der Waals surface area contributed by atoms with E-state index in [1.807, 2.05) is 35.0 Å². The smallest absolute Gasteiger partial charge is 0.265 e. The van der Waals surface area contributed by atoms with Gasteiger partial charge in [0.2, 0.25) is 5.91 Å². The molecule has 3 heterocycles. The van der Waals surface area contributed by atoms with Crippen LogP contribution in [0, 0.1) is 6.92 Å². The van der Waals surface area contributed by atoms with Crippen molar-refractivity contribution in [2.75, 3.05) is 10.6 Å². The fourth-order valence-electron chi connectivity index (χ4n) is 2.64. The van der Waals surface area contributed by atoms with E-state index in [2.05, 4.69) is 15.6 Å². The summed E-state index contributed by atoms with van der Waals surface area (Å²) in [6.07, 6.45) is 1.95. The zero-order chi connectivity index (χ0) is 17.6. The number of nitrogens with one attached hydrogen (secondary N) is 2. The summed E-state index contributed by atoms with van der Waals surface area (Å²) >= 11 is 2.94. The van der Waals surface area contributed by atoms with Crippen LogP contribution >= 0.6 is 22.7 Å². The minimum absolute atomic E-state index is 0.147. The first kappa shape index (κ1) is 15.8. The van der Waals surface area contributed by atoms with E-state index in [1.54, 1.807) is 23.5 Å². The Kier molecular flexibility index (Phi) is 3.78. The lowest BCUT2D eigenvalue weighted by atomic mass is 10.1. The fraction of sp³-hybridized carbons (Fsp3) is 0.118. The second kappa shape index (κ2) is 5.98. The van der Waals surface area contributed by atoms with Crippen LogP contribution in [0.25, 0.3) is 15.3 Å². The summed E-state index contributed by atoms with van der Waals surface area (Å²) in [7, 11) is 0. The first-order chi connectivity index (χ1) is 12.0. The van der Waals surface area contributed by atoms with E-state index in [0.29, 0.717) is 16.3 Å². The lowest BCUT2D eigenvalue weighted by Gasteiger charge is -2.12. The van der Waals surface area contributed by atoms with Crippen LogP contribution in [-0.4, -0.2) is 21.2 Å². The second-order valence-corrected chi connectivity index (χ2v) is 7.49. The van der Waals surface area contributed by atoms with Gasteiger partial charge in [-0.2, -0.15) is 0 Å². The molecule has 4 rings (SSSR count). The van der Waals surface area contributed by atoms with Crippen molar-refractivity contribution in [3.8, 4) is 0 Å². The molecular weight excluding hydrogens is 356 g/mol. The third kappa shape index (κ3) is 2.79. The summed E-state index contributed by atoms with van der Waals surface area (Å²) in [6.45, 7) is 3.32. The molecule has 0 aliphatic rings. The summed E-state index contributed by atoms with van der Waals surface area (Å²) < 4.78 is 1.98. The van der Waals surface area contributed by atoms with Gasteiger partial charge in [-0.15, -0.1) is 22.7 Å². The van der Waals surface area contributed by atoms with E-state index in [1.165, 1.54) is 18.3 Å². The number of fused-ring (bicyclic) bond motifs is 3. The molecule has 1 aromatic carbocycles. The Hall–Kier alpha value is -2.71. The Morgan fingerprint density at radius 1 is 1.20 bits per heavy atom. The number of hydrogen-bond donors (Lipinski definition) is 2. The SMILES string of the molecule is CC(=O)Nc1cccc(NC(=O)c2cc3c(nc4sccn43)s2)c1C. The van der Waals surface area contributed by atoms with E-state index in [9.17, 15) is 9.59 Å². The Morgan fingerprint density at radius 2 is 1.96 bits per heavy atom. The molecule has 0 atom stereocenters. The highest BCUT2D eigenvalue weighted by Gasteiger charge is 2.16. The number of benzene rings is 1. The zero-order valence-electron chi connectivity index (χ0n) is 13.5. The van der Waals surface area contributed by atoms with Crippen LogP contribution in [0.2, 0.25) is 0 Å². The van der Waals surface area contributed by atoms with Crippen molar-refractivity contribution in [1.29, 1.82) is 0 Å².